The van der Waals surface area contributed by atoms with Gasteiger partial charge < -0.3 is 26.1 Å². The van der Waals surface area contributed by atoms with Gasteiger partial charge in [0.2, 0.25) is 5.91 Å². The summed E-state index contributed by atoms with van der Waals surface area (Å²) in [5.74, 6) is 1.42. The number of carbonyl (C=O) groups is 3. The number of nitrogens with zero attached hydrogens (tertiary/aromatic N) is 1. The van der Waals surface area contributed by atoms with Gasteiger partial charge >= 0.3 is 5.97 Å². The Balaban J connectivity index is 1.40. The van der Waals surface area contributed by atoms with Gasteiger partial charge in [-0.1, -0.05) is 30.5 Å². The molecule has 196 valence electrons. The summed E-state index contributed by atoms with van der Waals surface area (Å²) in [6.07, 6.45) is 14.7. The Morgan fingerprint density at radius 2 is 1.94 bits per heavy atom. The molecule has 3 fully saturated rings. The summed E-state index contributed by atoms with van der Waals surface area (Å²) in [5, 5.41) is 26.6. The van der Waals surface area contributed by atoms with E-state index >= 15 is 0 Å². The maximum absolute atomic E-state index is 12.0. The number of rotatable bonds is 7. The van der Waals surface area contributed by atoms with E-state index < -0.39 is 42.5 Å². The van der Waals surface area contributed by atoms with Gasteiger partial charge in [-0.3, -0.25) is 9.59 Å². The molecule has 7 atom stereocenters. The Kier molecular flexibility index (Phi) is 6.95. The number of carboxylic acid groups (broad SMARTS) is 1. The van der Waals surface area contributed by atoms with Gasteiger partial charge in [0.15, 0.2) is 6.61 Å². The lowest BCUT2D eigenvalue weighted by molar-refractivity contribution is -0.144. The summed E-state index contributed by atoms with van der Waals surface area (Å²) in [5.41, 5.74) is 6.01. The fourth-order valence-electron chi connectivity index (χ4n) is 7.71. The zero-order chi connectivity index (χ0) is 26.3. The van der Waals surface area contributed by atoms with Crippen LogP contribution in [-0.4, -0.2) is 52.0 Å². The van der Waals surface area contributed by atoms with Gasteiger partial charge in [0.1, 0.15) is 11.6 Å². The Hall–Kier alpha value is -2.86. The van der Waals surface area contributed by atoms with Gasteiger partial charge in [-0.15, -0.1) is 6.42 Å². The lowest BCUT2D eigenvalue weighted by Gasteiger charge is -2.58. The molecule has 4 rings (SSSR count). The van der Waals surface area contributed by atoms with Crippen LogP contribution in [0.25, 0.3) is 0 Å². The van der Waals surface area contributed by atoms with E-state index in [-0.39, 0.29) is 10.8 Å². The van der Waals surface area contributed by atoms with Crippen molar-refractivity contribution in [2.75, 3.05) is 6.61 Å². The molecule has 0 aromatic heterocycles. The van der Waals surface area contributed by atoms with Crippen molar-refractivity contribution >= 4 is 23.5 Å². The molecular weight excluding hydrogens is 462 g/mol. The molecule has 4 aliphatic carbocycles. The van der Waals surface area contributed by atoms with Gasteiger partial charge in [-0.05, 0) is 80.6 Å². The second-order valence-corrected chi connectivity index (χ2v) is 11.5. The molecule has 0 aliphatic heterocycles. The van der Waals surface area contributed by atoms with Gasteiger partial charge in [0.25, 0.3) is 5.91 Å². The molecule has 0 bridgehead atoms. The van der Waals surface area contributed by atoms with Gasteiger partial charge in [-0.2, -0.15) is 0 Å². The fraction of sp³-hybridized carbons (Fsp3) is 0.704. The third kappa shape index (κ3) is 4.40. The van der Waals surface area contributed by atoms with Crippen molar-refractivity contribution in [2.45, 2.75) is 83.3 Å². The maximum atomic E-state index is 12.0. The lowest BCUT2D eigenvalue weighted by atomic mass is 9.46. The monoisotopic (exact) mass is 499 g/mol. The number of allylic oxidation sites excluding steroid dienone is 2. The molecule has 36 heavy (non-hydrogen) atoms. The van der Waals surface area contributed by atoms with Gasteiger partial charge in [0, 0.05) is 5.41 Å². The van der Waals surface area contributed by atoms with Crippen LogP contribution in [0.15, 0.2) is 16.8 Å². The molecule has 0 aromatic carbocycles. The van der Waals surface area contributed by atoms with Crippen molar-refractivity contribution in [3.63, 3.8) is 0 Å². The quantitative estimate of drug-likeness (QED) is 0.311. The highest BCUT2D eigenvalue weighted by Gasteiger charge is 2.63. The summed E-state index contributed by atoms with van der Waals surface area (Å²) in [7, 11) is 0. The van der Waals surface area contributed by atoms with Crippen LogP contribution in [0.4, 0.5) is 0 Å². The minimum atomic E-state index is -1.40. The predicted molar refractivity (Wildman–Crippen MR) is 132 cm³/mol. The highest BCUT2D eigenvalue weighted by atomic mass is 16.6. The first kappa shape index (κ1) is 26.2. The molecule has 3 saturated carbocycles. The molecule has 0 unspecified atom stereocenters. The van der Waals surface area contributed by atoms with E-state index in [4.69, 9.17) is 22.1 Å². The van der Waals surface area contributed by atoms with Gasteiger partial charge in [0.05, 0.1) is 12.1 Å². The highest BCUT2D eigenvalue weighted by Crippen LogP contribution is 2.67. The van der Waals surface area contributed by atoms with Crippen molar-refractivity contribution < 1.29 is 29.4 Å². The van der Waals surface area contributed by atoms with E-state index in [1.165, 1.54) is 5.57 Å². The first-order valence-electron chi connectivity index (χ1n) is 12.8. The average molecular weight is 500 g/mol. The van der Waals surface area contributed by atoms with E-state index in [2.05, 4.69) is 36.3 Å². The van der Waals surface area contributed by atoms with Crippen molar-refractivity contribution in [3.05, 3.63) is 11.6 Å². The Morgan fingerprint density at radius 1 is 1.22 bits per heavy atom. The van der Waals surface area contributed by atoms with Crippen LogP contribution in [0.3, 0.4) is 0 Å². The fourth-order valence-corrected chi connectivity index (χ4v) is 7.71. The number of carboxylic acids is 1. The number of oxime groups is 1. The highest BCUT2D eigenvalue weighted by molar-refractivity contribution is 5.96. The number of carbonyl (C=O) groups excluding carboxylic acids is 2. The third-order valence-electron chi connectivity index (χ3n) is 9.78. The molecule has 0 saturated heterocycles. The summed E-state index contributed by atoms with van der Waals surface area (Å²) in [6, 6.07) is -1.40. The van der Waals surface area contributed by atoms with E-state index in [0.717, 1.165) is 50.7 Å². The molecular formula is C27H37N3O6. The topological polar surface area (TPSA) is 151 Å². The van der Waals surface area contributed by atoms with Crippen molar-refractivity contribution in [2.24, 2.45) is 39.5 Å². The Labute approximate surface area is 211 Å². The van der Waals surface area contributed by atoms with Crippen molar-refractivity contribution in [1.82, 2.24) is 5.32 Å². The second-order valence-electron chi connectivity index (χ2n) is 11.5. The number of terminal acetylenes is 1. The Morgan fingerprint density at radius 3 is 2.61 bits per heavy atom. The maximum Gasteiger partial charge on any atom is 0.326 e. The SMILES string of the molecule is C#C[C@@]1(O)CC[C@@H]2[C@@H]3CCC4=CC(=NOCC(=O)N[C@H](CC(N)=O)C(=O)O)CC[C@]4(C)[C@@H]3CC[C@@]21C. The van der Waals surface area contributed by atoms with Crippen LogP contribution in [0, 0.1) is 40.9 Å². The van der Waals surface area contributed by atoms with Crippen LogP contribution in [0.5, 0.6) is 0 Å². The van der Waals surface area contributed by atoms with E-state index in [0.29, 0.717) is 24.2 Å². The van der Waals surface area contributed by atoms with Crippen molar-refractivity contribution in [1.29, 1.82) is 0 Å². The number of hydrogen-bond donors (Lipinski definition) is 4. The first-order valence-corrected chi connectivity index (χ1v) is 12.8. The number of nitrogens with two attached hydrogens (primary N) is 1. The molecule has 2 amide bonds. The number of hydrogen-bond acceptors (Lipinski definition) is 6. The van der Waals surface area contributed by atoms with Crippen LogP contribution in [-0.2, 0) is 19.2 Å². The van der Waals surface area contributed by atoms with E-state index in [1.807, 2.05) is 0 Å². The zero-order valence-electron chi connectivity index (χ0n) is 21.1. The molecule has 9 heteroatoms. The summed E-state index contributed by atoms with van der Waals surface area (Å²) in [4.78, 5) is 39.4. The van der Waals surface area contributed by atoms with E-state index in [1.54, 1.807) is 0 Å². The molecule has 5 N–H and O–H groups in total. The molecule has 0 spiro atoms. The van der Waals surface area contributed by atoms with Crippen LogP contribution in [0.1, 0.15) is 71.6 Å². The number of primary amides is 1. The minimum absolute atomic E-state index is 0.0704. The minimum Gasteiger partial charge on any atom is -0.480 e. The number of nitrogens with one attached hydrogen (secondary N) is 1. The normalized spacial score (nSPS) is 39.0. The standard InChI is InChI=1S/C27H37N3O6/c1-4-27(35)12-9-20-18-6-5-16-13-17(7-10-25(16,2)19(18)8-11-26(20,27)3)30-36-15-23(32)29-21(24(33)34)14-22(28)31/h1,13,18-21,35H,5-12,14-15H2,2-3H3,(H2,28,31)(H,29,32)(H,33,34)/t18-,19-,20-,21-,25+,26+,27-/m1/s1. The predicted octanol–water partition coefficient (Wildman–Crippen LogP) is 2.13. The largest absolute Gasteiger partial charge is 0.480 e. The van der Waals surface area contributed by atoms with Crippen molar-refractivity contribution in [3.8, 4) is 12.3 Å². The number of aliphatic carboxylic acids is 1. The summed E-state index contributed by atoms with van der Waals surface area (Å²) >= 11 is 0. The molecule has 9 nitrogen and oxygen atoms in total. The average Bonchev–Trinajstić information content (AvgIpc) is 3.09. The van der Waals surface area contributed by atoms with Gasteiger partial charge in [-0.25, -0.2) is 4.79 Å². The second kappa shape index (κ2) is 9.55. The first-order chi connectivity index (χ1) is 16.9. The number of amides is 2. The van der Waals surface area contributed by atoms with Crippen LogP contribution < -0.4 is 11.1 Å². The lowest BCUT2D eigenvalue weighted by Crippen LogP contribution is -2.54. The Bertz CT molecular complexity index is 1050. The molecule has 0 radical (unpaired) electrons. The van der Waals surface area contributed by atoms with Crippen LogP contribution in [0.2, 0.25) is 0 Å². The third-order valence-corrected chi connectivity index (χ3v) is 9.78. The molecule has 0 aromatic rings. The summed E-state index contributed by atoms with van der Waals surface area (Å²) < 4.78 is 0. The van der Waals surface area contributed by atoms with Crippen LogP contribution >= 0.6 is 0 Å². The summed E-state index contributed by atoms with van der Waals surface area (Å²) in [6.45, 7) is 4.10. The zero-order valence-corrected chi connectivity index (χ0v) is 21.1. The molecule has 0 heterocycles. The number of aliphatic hydroxyl groups is 1. The smallest absolute Gasteiger partial charge is 0.326 e. The van der Waals surface area contributed by atoms with E-state index in [9.17, 15) is 19.5 Å². The number of fused-ring (bicyclic) bond motifs is 5. The molecule has 4 aliphatic rings.